The number of nitrogens with one attached hydrogen (secondary N) is 2. The van der Waals surface area contributed by atoms with E-state index < -0.39 is 247 Å². The second-order valence-corrected chi connectivity index (χ2v) is 19.6. The summed E-state index contributed by atoms with van der Waals surface area (Å²) in [6, 6.07) is -3.64. The summed E-state index contributed by atoms with van der Waals surface area (Å²) in [7, 11) is 0. The van der Waals surface area contributed by atoms with Crippen molar-refractivity contribution in [1.29, 1.82) is 0 Å². The number of ether oxygens (including phenoxy) is 11. The highest BCUT2D eigenvalue weighted by atomic mass is 16.8. The van der Waals surface area contributed by atoms with E-state index in [9.17, 15) is 111 Å². The summed E-state index contributed by atoms with van der Waals surface area (Å²) >= 11 is 0. The first kappa shape index (κ1) is 64.4. The molecule has 78 heavy (non-hydrogen) atoms. The lowest BCUT2D eigenvalue weighted by atomic mass is 9.88. The minimum atomic E-state index is -3.25. The molecule has 6 aliphatic heterocycles. The number of carboxylic acid groups (broad SMARTS) is 1. The Kier molecular flexibility index (Phi) is 22.4. The zero-order valence-electron chi connectivity index (χ0n) is 41.8. The third-order valence-corrected chi connectivity index (χ3v) is 14.2. The molecular formula is C43H72N2O33. The van der Waals surface area contributed by atoms with E-state index in [1.807, 2.05) is 0 Å². The zero-order chi connectivity index (χ0) is 58.0. The molecule has 0 aromatic rings. The van der Waals surface area contributed by atoms with Crippen LogP contribution in [0.2, 0.25) is 0 Å². The van der Waals surface area contributed by atoms with Crippen LogP contribution in [0.15, 0.2) is 0 Å². The van der Waals surface area contributed by atoms with E-state index in [1.165, 1.54) is 6.92 Å². The van der Waals surface area contributed by atoms with Gasteiger partial charge in [0.1, 0.15) is 134 Å². The van der Waals surface area contributed by atoms with Crippen LogP contribution in [-0.4, -0.2) is 338 Å². The smallest absolute Gasteiger partial charge is 0.364 e. The van der Waals surface area contributed by atoms with Gasteiger partial charge in [-0.3, -0.25) is 9.59 Å². The van der Waals surface area contributed by atoms with E-state index in [4.69, 9.17) is 52.1 Å². The standard InChI is InChI=1S/C43H72N2O33/c1-10-21(55)25(59)28(62)39(68-10)75-34-20(45-12(3)52)38(76-35-23(57)15(6-47)70-40(29(35)63)73-31-17(8-49)69-37(65)27(61)26(31)60)72-18(9-50)32(34)74-41-30(64)36(24(58)16(7-48)71-41)78-43(42(66)67)4-13(53)19(44-11(2)51)33(77-43)22(56)14(54)5-46/h10,13-41,46-50,53-65H,4-9H2,1-3H3,(H,44,51)(H,45,52)(H,66,67)/t10-,13-,14+,15+,16+,17+,18+,19+,20+,21+,22+,23-,24-,25+,26+,27+,28-,29+,30+,31+,32+,33+,34+,35-,36-,37+,38-,39-,40-,41-,43-/m0/s1. The third-order valence-electron chi connectivity index (χ3n) is 14.2. The molecule has 6 heterocycles. The number of aliphatic carboxylic acids is 1. The molecule has 2 amide bonds. The van der Waals surface area contributed by atoms with Gasteiger partial charge in [-0.15, -0.1) is 0 Å². The van der Waals surface area contributed by atoms with Crippen molar-refractivity contribution >= 4 is 17.8 Å². The summed E-state index contributed by atoms with van der Waals surface area (Å²) in [6.45, 7) is -2.35. The molecule has 6 fully saturated rings. The molecule has 0 aromatic heterocycles. The van der Waals surface area contributed by atoms with Gasteiger partial charge in [0.25, 0.3) is 5.79 Å². The fourth-order valence-corrected chi connectivity index (χ4v) is 9.96. The summed E-state index contributed by atoms with van der Waals surface area (Å²) in [5.74, 6) is -7.15. The second kappa shape index (κ2) is 27.1. The van der Waals surface area contributed by atoms with Gasteiger partial charge in [0.2, 0.25) is 11.8 Å². The van der Waals surface area contributed by atoms with E-state index in [0.29, 0.717) is 0 Å². The number of aliphatic hydroxyl groups excluding tert-OH is 18. The Morgan fingerprint density at radius 1 is 0.526 bits per heavy atom. The number of aliphatic hydroxyl groups is 18. The van der Waals surface area contributed by atoms with Crippen LogP contribution in [0, 0.1) is 0 Å². The fraction of sp³-hybridized carbons (Fsp3) is 0.930. The van der Waals surface area contributed by atoms with Crippen molar-refractivity contribution in [3.63, 3.8) is 0 Å². The molecule has 6 aliphatic rings. The highest BCUT2D eigenvalue weighted by Gasteiger charge is 2.62. The quantitative estimate of drug-likeness (QED) is 0.0538. The van der Waals surface area contributed by atoms with Gasteiger partial charge in [0, 0.05) is 20.3 Å². The van der Waals surface area contributed by atoms with Crippen molar-refractivity contribution in [2.45, 2.75) is 217 Å². The van der Waals surface area contributed by atoms with E-state index in [2.05, 4.69) is 10.6 Å². The SMILES string of the molecule is CC(=O)N[C@H]1[C@H](O[C@H]2[C@@H](O)[C@@H](CO)O[C@@H](O[C@H]3[C@H](O)[C@@H](O)[C@H](O)O[C@@H]3CO)[C@@H]2O)O[C@H](CO)[C@@H](O[C@@H]2O[C@H](CO)[C@H](O)[C@H](O[C@]3(C(=O)O)C[C@H](O)[C@@H](NC(C)=O)[C@H]([C@H](O)[C@H](O)CO)O3)[C@H]2O)[C@@H]1O[C@@H]1O[C@@H](C)[C@@H](O)[C@@H](O)[C@@H]1O. The van der Waals surface area contributed by atoms with E-state index in [-0.39, 0.29) is 0 Å². The molecule has 0 radical (unpaired) electrons. The van der Waals surface area contributed by atoms with Crippen LogP contribution in [0.25, 0.3) is 0 Å². The molecule has 21 N–H and O–H groups in total. The molecule has 0 aromatic carbocycles. The van der Waals surface area contributed by atoms with Crippen LogP contribution in [0.4, 0.5) is 0 Å². The highest BCUT2D eigenvalue weighted by Crippen LogP contribution is 2.40. The number of hydrogen-bond acceptors (Lipinski definition) is 32. The van der Waals surface area contributed by atoms with Crippen molar-refractivity contribution in [2.24, 2.45) is 0 Å². The van der Waals surface area contributed by atoms with Gasteiger partial charge in [0.15, 0.2) is 31.5 Å². The normalized spacial score (nSPS) is 48.1. The van der Waals surface area contributed by atoms with Gasteiger partial charge in [0.05, 0.1) is 51.3 Å². The lowest BCUT2D eigenvalue weighted by Gasteiger charge is -2.52. The van der Waals surface area contributed by atoms with Crippen LogP contribution in [0.3, 0.4) is 0 Å². The van der Waals surface area contributed by atoms with Crippen molar-refractivity contribution in [3.05, 3.63) is 0 Å². The molecular weight excluding hydrogens is 1070 g/mol. The molecule has 0 unspecified atom stereocenters. The Balaban J connectivity index is 1.37. The highest BCUT2D eigenvalue weighted by molar-refractivity contribution is 5.76. The van der Waals surface area contributed by atoms with Crippen LogP contribution >= 0.6 is 0 Å². The average molecular weight is 1150 g/mol. The van der Waals surface area contributed by atoms with Gasteiger partial charge in [-0.25, -0.2) is 4.79 Å². The van der Waals surface area contributed by atoms with Gasteiger partial charge in [-0.2, -0.15) is 0 Å². The second-order valence-electron chi connectivity index (χ2n) is 19.6. The van der Waals surface area contributed by atoms with Crippen molar-refractivity contribution in [2.75, 3.05) is 33.0 Å². The van der Waals surface area contributed by atoms with E-state index in [0.717, 1.165) is 13.8 Å². The number of rotatable bonds is 20. The van der Waals surface area contributed by atoms with Crippen LogP contribution in [0.5, 0.6) is 0 Å². The molecule has 0 saturated carbocycles. The topological polar surface area (TPSA) is 561 Å². The number of carbonyl (C=O) groups is 3. The van der Waals surface area contributed by atoms with Crippen LogP contribution < -0.4 is 10.6 Å². The maximum absolute atomic E-state index is 13.2. The number of carboxylic acids is 1. The summed E-state index contributed by atoms with van der Waals surface area (Å²) in [5.41, 5.74) is 0. The van der Waals surface area contributed by atoms with Crippen LogP contribution in [-0.2, 0) is 66.5 Å². The molecule has 35 heteroatoms. The molecule has 6 rings (SSSR count). The lowest BCUT2D eigenvalue weighted by Crippen LogP contribution is -2.72. The maximum atomic E-state index is 13.2. The Bertz CT molecular complexity index is 1950. The Morgan fingerprint density at radius 2 is 1.00 bits per heavy atom. The van der Waals surface area contributed by atoms with Gasteiger partial charge < -0.3 is 160 Å². The summed E-state index contributed by atoms with van der Waals surface area (Å²) in [5, 5.41) is 209. The molecule has 31 atom stereocenters. The van der Waals surface area contributed by atoms with Gasteiger partial charge >= 0.3 is 5.97 Å². The molecule has 0 aliphatic carbocycles. The van der Waals surface area contributed by atoms with E-state index in [1.54, 1.807) is 0 Å². The molecule has 0 spiro atoms. The van der Waals surface area contributed by atoms with Gasteiger partial charge in [-0.1, -0.05) is 0 Å². The monoisotopic (exact) mass is 1140 g/mol. The maximum Gasteiger partial charge on any atom is 0.364 e. The minimum absolute atomic E-state index is 0.841. The predicted octanol–water partition coefficient (Wildman–Crippen LogP) is -13.6. The molecule has 0 bridgehead atoms. The number of hydrogen-bond donors (Lipinski definition) is 21. The molecule has 35 nitrogen and oxygen atoms in total. The first-order valence-corrected chi connectivity index (χ1v) is 24.6. The zero-order valence-corrected chi connectivity index (χ0v) is 41.8. The number of amides is 2. The summed E-state index contributed by atoms with van der Waals surface area (Å²) in [4.78, 5) is 38.4. The van der Waals surface area contributed by atoms with Crippen molar-refractivity contribution in [1.82, 2.24) is 10.6 Å². The molecule has 6 saturated heterocycles. The lowest BCUT2D eigenvalue weighted by molar-refractivity contribution is -0.399. The van der Waals surface area contributed by atoms with E-state index >= 15 is 0 Å². The average Bonchev–Trinajstić information content (AvgIpc) is 3.40. The van der Waals surface area contributed by atoms with Crippen molar-refractivity contribution < 1.29 is 164 Å². The van der Waals surface area contributed by atoms with Gasteiger partial charge in [-0.05, 0) is 6.92 Å². The predicted molar refractivity (Wildman–Crippen MR) is 238 cm³/mol. The summed E-state index contributed by atoms with van der Waals surface area (Å²) < 4.78 is 63.6. The Morgan fingerprint density at radius 3 is 1.54 bits per heavy atom. The first-order chi connectivity index (χ1) is 36.7. The third kappa shape index (κ3) is 13.5. The first-order valence-electron chi connectivity index (χ1n) is 24.6. The minimum Gasteiger partial charge on any atom is -0.477 e. The van der Waals surface area contributed by atoms with Crippen LogP contribution in [0.1, 0.15) is 27.2 Å². The Labute approximate surface area is 441 Å². The number of carbonyl (C=O) groups excluding carboxylic acids is 2. The van der Waals surface area contributed by atoms with Crippen molar-refractivity contribution in [3.8, 4) is 0 Å². The Hall–Kier alpha value is -2.75. The summed E-state index contributed by atoms with van der Waals surface area (Å²) in [6.07, 6.45) is -58.2. The largest absolute Gasteiger partial charge is 0.477 e. The fourth-order valence-electron chi connectivity index (χ4n) is 9.96. The molecule has 452 valence electrons.